The number of morpholine rings is 2. The van der Waals surface area contributed by atoms with Crippen LogP contribution in [0.25, 0.3) is 0 Å². The van der Waals surface area contributed by atoms with Crippen LogP contribution in [0.2, 0.25) is 0 Å². The largest absolute Gasteiger partial charge is 0.469 e. The minimum Gasteiger partial charge on any atom is -0.469 e. The van der Waals surface area contributed by atoms with Gasteiger partial charge in [0.1, 0.15) is 0 Å². The standard InChI is InChI=1S/C24H29NO6.C15H18N2O4/c1-28-22(26)13-14-24(23(27)29-2)18-25(20-11-7-4-8-12-20)15-21(31-24)17-30-16-19-9-5-3-6-10-19;18-9-12-8-17(11-4-2-1-3-5-11)10-15(21-12)7-6-13(19)16-14(15)20/h3-12,21H,13-18H2,1-2H3;1-5,12,18H,6-10H2,(H,16,19,20). The zero-order valence-corrected chi connectivity index (χ0v) is 29.6. The summed E-state index contributed by atoms with van der Waals surface area (Å²) in [4.78, 5) is 52.4. The number of nitrogens with zero attached hydrogens (tertiary/aromatic N) is 2. The summed E-state index contributed by atoms with van der Waals surface area (Å²) in [5.41, 5.74) is 0.643. The average Bonchev–Trinajstić information content (AvgIpc) is 3.19. The van der Waals surface area contributed by atoms with Gasteiger partial charge in [-0.15, -0.1) is 0 Å². The lowest BCUT2D eigenvalue weighted by molar-refractivity contribution is -0.188. The summed E-state index contributed by atoms with van der Waals surface area (Å²) in [5.74, 6) is -1.59. The number of esters is 2. The highest BCUT2D eigenvalue weighted by molar-refractivity contribution is 6.02. The number of nitrogens with one attached hydrogen (secondary N) is 1. The smallest absolute Gasteiger partial charge is 0.340 e. The third kappa shape index (κ3) is 9.73. The number of carbonyl (C=O) groups excluding carboxylic acids is 4. The molecule has 3 aliphatic rings. The van der Waals surface area contributed by atoms with Crippen LogP contribution in [0.15, 0.2) is 91.0 Å². The highest BCUT2D eigenvalue weighted by Crippen LogP contribution is 2.33. The molecule has 3 heterocycles. The maximum atomic E-state index is 12.8. The Bertz CT molecular complexity index is 1630. The first-order valence-electron chi connectivity index (χ1n) is 17.4. The van der Waals surface area contributed by atoms with E-state index in [0.29, 0.717) is 39.3 Å². The van der Waals surface area contributed by atoms with Gasteiger partial charge in [-0.1, -0.05) is 66.7 Å². The number of piperidine rings is 1. The first-order valence-corrected chi connectivity index (χ1v) is 17.4. The Balaban J connectivity index is 0.000000216. The van der Waals surface area contributed by atoms with E-state index in [1.165, 1.54) is 14.2 Å². The van der Waals surface area contributed by atoms with E-state index in [4.69, 9.17) is 23.7 Å². The third-order valence-corrected chi connectivity index (χ3v) is 9.33. The molecule has 0 aliphatic carbocycles. The number of rotatable bonds is 11. The molecule has 2 amide bonds. The van der Waals surface area contributed by atoms with Crippen molar-refractivity contribution in [3.8, 4) is 0 Å². The normalized spacial score (nSPS) is 24.4. The second kappa shape index (κ2) is 18.1. The van der Waals surface area contributed by atoms with Gasteiger partial charge in [-0.25, -0.2) is 4.79 Å². The zero-order chi connectivity index (χ0) is 37.0. The van der Waals surface area contributed by atoms with Gasteiger partial charge in [-0.3, -0.25) is 19.7 Å². The molecule has 52 heavy (non-hydrogen) atoms. The van der Waals surface area contributed by atoms with Crippen LogP contribution in [0.4, 0.5) is 11.4 Å². The topological polar surface area (TPSA) is 153 Å². The average molecular weight is 718 g/mol. The highest BCUT2D eigenvalue weighted by atomic mass is 16.6. The summed E-state index contributed by atoms with van der Waals surface area (Å²) < 4.78 is 27.8. The van der Waals surface area contributed by atoms with Crippen molar-refractivity contribution in [3.63, 3.8) is 0 Å². The molecule has 3 saturated heterocycles. The van der Waals surface area contributed by atoms with Crippen LogP contribution in [0.1, 0.15) is 31.2 Å². The molecule has 0 aromatic heterocycles. The number of anilines is 2. The molecule has 0 radical (unpaired) electrons. The van der Waals surface area contributed by atoms with Gasteiger partial charge >= 0.3 is 11.9 Å². The van der Waals surface area contributed by atoms with E-state index in [1.807, 2.05) is 95.9 Å². The maximum Gasteiger partial charge on any atom is 0.340 e. The Hall–Kier alpha value is -4.82. The van der Waals surface area contributed by atoms with Gasteiger partial charge in [0.25, 0.3) is 5.91 Å². The molecule has 4 atom stereocenters. The lowest BCUT2D eigenvalue weighted by Crippen LogP contribution is -2.66. The van der Waals surface area contributed by atoms with Crippen molar-refractivity contribution < 1.29 is 48.0 Å². The molecular formula is C39H47N3O10. The third-order valence-electron chi connectivity index (χ3n) is 9.33. The molecule has 278 valence electrons. The van der Waals surface area contributed by atoms with Crippen molar-refractivity contribution in [2.24, 2.45) is 0 Å². The van der Waals surface area contributed by atoms with Crippen LogP contribution in [0.3, 0.4) is 0 Å². The van der Waals surface area contributed by atoms with Gasteiger partial charge < -0.3 is 38.6 Å². The van der Waals surface area contributed by atoms with E-state index in [2.05, 4.69) is 10.2 Å². The summed E-state index contributed by atoms with van der Waals surface area (Å²) in [6.07, 6.45) is -0.0203. The van der Waals surface area contributed by atoms with Gasteiger partial charge in [-0.05, 0) is 42.7 Å². The van der Waals surface area contributed by atoms with Crippen molar-refractivity contribution in [2.75, 3.05) is 63.4 Å². The van der Waals surface area contributed by atoms with Crippen molar-refractivity contribution >= 4 is 35.1 Å². The van der Waals surface area contributed by atoms with Crippen LogP contribution >= 0.6 is 0 Å². The van der Waals surface area contributed by atoms with E-state index in [-0.39, 0.29) is 44.4 Å². The summed E-state index contributed by atoms with van der Waals surface area (Å²) in [5, 5.41) is 11.8. The number of hydrogen-bond acceptors (Lipinski definition) is 12. The number of ether oxygens (including phenoxy) is 5. The van der Waals surface area contributed by atoms with Gasteiger partial charge in [-0.2, -0.15) is 0 Å². The number of imide groups is 1. The van der Waals surface area contributed by atoms with Gasteiger partial charge in [0.05, 0.1) is 59.3 Å². The molecule has 3 aromatic carbocycles. The molecule has 3 aliphatic heterocycles. The number of hydrogen-bond donors (Lipinski definition) is 2. The van der Waals surface area contributed by atoms with E-state index in [0.717, 1.165) is 16.9 Å². The predicted molar refractivity (Wildman–Crippen MR) is 191 cm³/mol. The second-order valence-electron chi connectivity index (χ2n) is 13.0. The Kier molecular flexibility index (Phi) is 13.4. The van der Waals surface area contributed by atoms with Crippen LogP contribution in [0.5, 0.6) is 0 Å². The van der Waals surface area contributed by atoms with E-state index < -0.39 is 35.2 Å². The summed E-state index contributed by atoms with van der Waals surface area (Å²) in [6, 6.07) is 29.3. The van der Waals surface area contributed by atoms with Crippen LogP contribution in [-0.4, -0.2) is 106 Å². The van der Waals surface area contributed by atoms with Crippen LogP contribution in [-0.2, 0) is 49.5 Å². The monoisotopic (exact) mass is 717 g/mol. The molecule has 0 saturated carbocycles. The van der Waals surface area contributed by atoms with E-state index in [1.54, 1.807) is 0 Å². The highest BCUT2D eigenvalue weighted by Gasteiger charge is 2.50. The fourth-order valence-corrected chi connectivity index (χ4v) is 6.70. The molecule has 3 fully saturated rings. The second-order valence-corrected chi connectivity index (χ2v) is 13.0. The molecule has 0 bridgehead atoms. The Morgan fingerprint density at radius 1 is 0.827 bits per heavy atom. The molecule has 13 nitrogen and oxygen atoms in total. The zero-order valence-electron chi connectivity index (χ0n) is 29.6. The van der Waals surface area contributed by atoms with Crippen molar-refractivity contribution in [1.82, 2.24) is 5.32 Å². The number of carbonyl (C=O) groups is 4. The molecule has 2 N–H and O–H groups in total. The quantitative estimate of drug-likeness (QED) is 0.222. The fraction of sp³-hybridized carbons (Fsp3) is 0.436. The van der Waals surface area contributed by atoms with Crippen LogP contribution < -0.4 is 15.1 Å². The number of aliphatic hydroxyl groups is 1. The summed E-state index contributed by atoms with van der Waals surface area (Å²) in [7, 11) is 2.65. The number of benzene rings is 3. The molecule has 6 rings (SSSR count). The van der Waals surface area contributed by atoms with E-state index >= 15 is 0 Å². The van der Waals surface area contributed by atoms with Gasteiger partial charge in [0.15, 0.2) is 11.2 Å². The first-order chi connectivity index (χ1) is 25.2. The Morgan fingerprint density at radius 2 is 1.42 bits per heavy atom. The predicted octanol–water partition coefficient (Wildman–Crippen LogP) is 3.03. The maximum absolute atomic E-state index is 12.8. The van der Waals surface area contributed by atoms with Crippen LogP contribution in [0, 0.1) is 0 Å². The van der Waals surface area contributed by atoms with Crippen molar-refractivity contribution in [1.29, 1.82) is 0 Å². The molecule has 4 unspecified atom stereocenters. The number of para-hydroxylation sites is 2. The Morgan fingerprint density at radius 3 is 2.00 bits per heavy atom. The lowest BCUT2D eigenvalue weighted by Gasteiger charge is -2.47. The minimum atomic E-state index is -1.29. The molecule has 1 spiro atoms. The SMILES string of the molecule is COC(=O)CCC1(C(=O)OC)CN(c2ccccc2)CC(COCc2ccccc2)O1.O=C1CCC2(CN(c3ccccc3)CC(CO)O2)C(=O)N1. The summed E-state index contributed by atoms with van der Waals surface area (Å²) in [6.45, 7) is 2.31. The first kappa shape index (κ1) is 38.4. The van der Waals surface area contributed by atoms with Gasteiger partial charge in [0, 0.05) is 37.3 Å². The van der Waals surface area contributed by atoms with Crippen molar-refractivity contribution in [2.45, 2.75) is 55.7 Å². The molecule has 13 heteroatoms. The van der Waals surface area contributed by atoms with Gasteiger partial charge in [0.2, 0.25) is 5.91 Å². The number of aliphatic hydroxyl groups excluding tert-OH is 1. The molecular weight excluding hydrogens is 670 g/mol. The lowest BCUT2D eigenvalue weighted by atomic mass is 9.89. The van der Waals surface area contributed by atoms with E-state index in [9.17, 15) is 24.3 Å². The Labute approximate surface area is 303 Å². The minimum absolute atomic E-state index is 0.0474. The summed E-state index contributed by atoms with van der Waals surface area (Å²) >= 11 is 0. The van der Waals surface area contributed by atoms with Crippen molar-refractivity contribution in [3.05, 3.63) is 96.6 Å². The number of methoxy groups -OCH3 is 2. The fourth-order valence-electron chi connectivity index (χ4n) is 6.70. The number of amides is 2. The molecule has 3 aromatic rings.